The van der Waals surface area contributed by atoms with E-state index < -0.39 is 11.9 Å². The number of pyridine rings is 1. The van der Waals surface area contributed by atoms with E-state index in [0.29, 0.717) is 17.1 Å². The van der Waals surface area contributed by atoms with Crippen molar-refractivity contribution in [2.24, 2.45) is 0 Å². The summed E-state index contributed by atoms with van der Waals surface area (Å²) in [4.78, 5) is 26.6. The number of H-pyrrole nitrogens is 1. The van der Waals surface area contributed by atoms with Crippen molar-refractivity contribution in [1.82, 2.24) is 4.98 Å². The van der Waals surface area contributed by atoms with Crippen LogP contribution in [0.5, 0.6) is 11.5 Å². The van der Waals surface area contributed by atoms with Crippen molar-refractivity contribution in [3.05, 3.63) is 54.0 Å². The molecule has 1 amide bonds. The highest BCUT2D eigenvalue weighted by Crippen LogP contribution is 2.25. The first-order chi connectivity index (χ1) is 12.0. The maximum atomic E-state index is 12.5. The summed E-state index contributed by atoms with van der Waals surface area (Å²) >= 11 is 0. The summed E-state index contributed by atoms with van der Waals surface area (Å²) in [6.45, 7) is 0. The number of carboxylic acids is 1. The highest BCUT2D eigenvalue weighted by Gasteiger charge is 2.21. The van der Waals surface area contributed by atoms with Gasteiger partial charge in [-0.25, -0.2) is 9.78 Å². The minimum atomic E-state index is -1.11. The van der Waals surface area contributed by atoms with E-state index in [1.54, 1.807) is 35.0 Å². The highest BCUT2D eigenvalue weighted by molar-refractivity contribution is 6.06. The molecule has 0 saturated carbocycles. The van der Waals surface area contributed by atoms with Gasteiger partial charge in [0.1, 0.15) is 12.4 Å². The van der Waals surface area contributed by atoms with E-state index in [4.69, 9.17) is 9.47 Å². The first kappa shape index (κ1) is 16.3. The number of rotatable bonds is 5. The molecule has 0 radical (unpaired) electrons. The first-order valence-electron chi connectivity index (χ1n) is 7.33. The molecule has 0 aliphatic rings. The van der Waals surface area contributed by atoms with Gasteiger partial charge in [0, 0.05) is 0 Å². The summed E-state index contributed by atoms with van der Waals surface area (Å²) in [6, 6.07) is 7.89. The number of para-hydroxylation sites is 1. The minimum absolute atomic E-state index is 0.0166. The Labute approximate surface area is 142 Å². The molecule has 8 nitrogen and oxygen atoms in total. The van der Waals surface area contributed by atoms with Gasteiger partial charge in [0.2, 0.25) is 11.4 Å². The van der Waals surface area contributed by atoms with Gasteiger partial charge in [-0.3, -0.25) is 4.79 Å². The molecule has 0 aliphatic heterocycles. The Hall–Kier alpha value is -3.55. The molecule has 0 bridgehead atoms. The van der Waals surface area contributed by atoms with Crippen LogP contribution in [-0.2, 0) is 0 Å². The molecule has 2 heterocycles. The van der Waals surface area contributed by atoms with Crippen LogP contribution in [0.2, 0.25) is 0 Å². The molecule has 0 fully saturated rings. The van der Waals surface area contributed by atoms with Gasteiger partial charge in [0.05, 0.1) is 31.5 Å². The molecule has 1 aromatic carbocycles. The quantitative estimate of drug-likeness (QED) is 0.613. The van der Waals surface area contributed by atoms with Crippen molar-refractivity contribution in [3.8, 4) is 11.5 Å². The Morgan fingerprint density at radius 2 is 1.84 bits per heavy atom. The number of benzene rings is 1. The maximum absolute atomic E-state index is 12.5. The smallest absolute Gasteiger partial charge is 0.337 e. The maximum Gasteiger partial charge on any atom is 0.337 e. The standard InChI is InChI=1S/C17H15N3O5/c1-24-13-7-15-18-12(8-20(15)9-14(13)25-2)16(21)19-11-6-4-3-5-10(11)17(22)23/h3-9H,1-2H3,(H2,19,21,22,23)/p+1. The minimum Gasteiger partial charge on any atom is -0.492 e. The van der Waals surface area contributed by atoms with Gasteiger partial charge in [-0.15, -0.1) is 0 Å². The largest absolute Gasteiger partial charge is 0.492 e. The van der Waals surface area contributed by atoms with Crippen molar-refractivity contribution in [1.29, 1.82) is 0 Å². The van der Waals surface area contributed by atoms with E-state index in [9.17, 15) is 14.7 Å². The third kappa shape index (κ3) is 3.09. The van der Waals surface area contributed by atoms with E-state index >= 15 is 0 Å². The summed E-state index contributed by atoms with van der Waals surface area (Å²) < 4.78 is 12.1. The van der Waals surface area contributed by atoms with Gasteiger partial charge in [0.25, 0.3) is 11.6 Å². The number of carbonyl (C=O) groups excluding carboxylic acids is 1. The Kier molecular flexibility index (Phi) is 4.25. The van der Waals surface area contributed by atoms with E-state index in [1.807, 2.05) is 0 Å². The Morgan fingerprint density at radius 1 is 1.12 bits per heavy atom. The molecule has 8 heteroatoms. The molecule has 3 N–H and O–H groups in total. The fourth-order valence-corrected chi connectivity index (χ4v) is 2.44. The zero-order valence-electron chi connectivity index (χ0n) is 13.6. The number of hydrogen-bond donors (Lipinski definition) is 3. The summed E-state index contributed by atoms with van der Waals surface area (Å²) in [5, 5.41) is 11.8. The summed E-state index contributed by atoms with van der Waals surface area (Å²) in [7, 11) is 3.04. The number of imidazole rings is 1. The number of aromatic carboxylic acids is 1. The number of aromatic amines is 1. The third-order valence-corrected chi connectivity index (χ3v) is 3.67. The van der Waals surface area contributed by atoms with Gasteiger partial charge in [0.15, 0.2) is 5.75 Å². The van der Waals surface area contributed by atoms with Crippen LogP contribution in [0.4, 0.5) is 5.69 Å². The van der Waals surface area contributed by atoms with Crippen molar-refractivity contribution in [2.75, 3.05) is 19.5 Å². The fourth-order valence-electron chi connectivity index (χ4n) is 2.44. The Morgan fingerprint density at radius 3 is 2.52 bits per heavy atom. The average Bonchev–Trinajstić information content (AvgIpc) is 3.03. The van der Waals surface area contributed by atoms with Crippen LogP contribution in [0.15, 0.2) is 42.7 Å². The number of methoxy groups -OCH3 is 2. The molecule has 128 valence electrons. The predicted octanol–water partition coefficient (Wildman–Crippen LogP) is 1.72. The number of aromatic nitrogens is 2. The molecule has 3 aromatic rings. The van der Waals surface area contributed by atoms with Crippen LogP contribution in [-0.4, -0.2) is 36.2 Å². The van der Waals surface area contributed by atoms with Gasteiger partial charge in [-0.2, -0.15) is 4.40 Å². The molecule has 3 rings (SSSR count). The van der Waals surface area contributed by atoms with Gasteiger partial charge in [-0.1, -0.05) is 12.1 Å². The molecule has 25 heavy (non-hydrogen) atoms. The lowest BCUT2D eigenvalue weighted by Crippen LogP contribution is -2.19. The van der Waals surface area contributed by atoms with Crippen LogP contribution in [0.25, 0.3) is 5.65 Å². The lowest BCUT2D eigenvalue weighted by Gasteiger charge is -2.05. The second-order valence-corrected chi connectivity index (χ2v) is 5.18. The predicted molar refractivity (Wildman–Crippen MR) is 88.4 cm³/mol. The van der Waals surface area contributed by atoms with Crippen molar-refractivity contribution in [2.45, 2.75) is 0 Å². The van der Waals surface area contributed by atoms with Crippen molar-refractivity contribution >= 4 is 23.2 Å². The monoisotopic (exact) mass is 342 g/mol. The number of anilines is 1. The number of fused-ring (bicyclic) bond motifs is 1. The van der Waals surface area contributed by atoms with Crippen LogP contribution in [0.1, 0.15) is 20.8 Å². The van der Waals surface area contributed by atoms with Crippen molar-refractivity contribution < 1.29 is 28.6 Å². The molecule has 2 aromatic heterocycles. The van der Waals surface area contributed by atoms with Crippen LogP contribution < -0.4 is 19.2 Å². The number of nitrogens with zero attached hydrogens (tertiary/aromatic N) is 1. The first-order valence-corrected chi connectivity index (χ1v) is 7.33. The van der Waals surface area contributed by atoms with Crippen LogP contribution in [0, 0.1) is 0 Å². The molecule has 0 saturated heterocycles. The second-order valence-electron chi connectivity index (χ2n) is 5.18. The summed E-state index contributed by atoms with van der Waals surface area (Å²) in [5.41, 5.74) is 1.12. The topological polar surface area (TPSA) is 105 Å². The van der Waals surface area contributed by atoms with E-state index in [1.165, 1.54) is 26.4 Å². The van der Waals surface area contributed by atoms with Gasteiger partial charge in [-0.05, 0) is 12.1 Å². The number of carboxylic acid groups (broad SMARTS) is 1. The number of carbonyl (C=O) groups is 2. The molecule has 0 spiro atoms. The number of hydrogen-bond acceptors (Lipinski definition) is 4. The SMILES string of the molecule is COc1cc2[nH]c(C(=O)Nc3ccccc3C(=O)O)c[n+]2cc1OC. The van der Waals surface area contributed by atoms with Crippen LogP contribution >= 0.6 is 0 Å². The van der Waals surface area contributed by atoms with Gasteiger partial charge < -0.3 is 19.9 Å². The molecule has 0 unspecified atom stereocenters. The number of ether oxygens (including phenoxy) is 2. The van der Waals surface area contributed by atoms with Crippen molar-refractivity contribution in [3.63, 3.8) is 0 Å². The second kappa shape index (κ2) is 6.52. The van der Waals surface area contributed by atoms with Gasteiger partial charge >= 0.3 is 5.97 Å². The zero-order valence-corrected chi connectivity index (χ0v) is 13.6. The lowest BCUT2D eigenvalue weighted by atomic mass is 10.2. The Balaban J connectivity index is 1.94. The zero-order chi connectivity index (χ0) is 18.0. The lowest BCUT2D eigenvalue weighted by molar-refractivity contribution is -0.510. The summed E-state index contributed by atoms with van der Waals surface area (Å²) in [5.74, 6) is -0.540. The van der Waals surface area contributed by atoms with E-state index in [-0.39, 0.29) is 16.9 Å². The van der Waals surface area contributed by atoms with Crippen LogP contribution in [0.3, 0.4) is 0 Å². The third-order valence-electron chi connectivity index (χ3n) is 3.67. The number of amides is 1. The fraction of sp³-hybridized carbons (Fsp3) is 0.118. The molecular formula is C17H16N3O5+. The molecular weight excluding hydrogens is 326 g/mol. The molecule has 0 atom stereocenters. The average molecular weight is 342 g/mol. The van der Waals surface area contributed by atoms with E-state index in [0.717, 1.165) is 0 Å². The molecule has 0 aliphatic carbocycles. The summed E-state index contributed by atoms with van der Waals surface area (Å²) in [6.07, 6.45) is 3.25. The Bertz CT molecular complexity index is 923. The number of nitrogens with one attached hydrogen (secondary N) is 2. The highest BCUT2D eigenvalue weighted by atomic mass is 16.5. The normalized spacial score (nSPS) is 10.5. The van der Waals surface area contributed by atoms with E-state index in [2.05, 4.69) is 10.3 Å².